The van der Waals surface area contributed by atoms with Gasteiger partial charge in [-0.25, -0.2) is 9.97 Å². The lowest BCUT2D eigenvalue weighted by Gasteiger charge is -2.26. The maximum Gasteiger partial charge on any atom is 0.132 e. The minimum atomic E-state index is 0.540. The largest absolute Gasteiger partial charge is 0.325 e. The van der Waals surface area contributed by atoms with Gasteiger partial charge in [0.1, 0.15) is 5.82 Å². The first-order chi connectivity index (χ1) is 7.78. The number of nitrogens with zero attached hydrogens (tertiary/aromatic N) is 3. The zero-order valence-electron chi connectivity index (χ0n) is 9.74. The Labute approximate surface area is 95.9 Å². The highest BCUT2D eigenvalue weighted by molar-refractivity contribution is 5.29. The van der Waals surface area contributed by atoms with Crippen LogP contribution in [0.4, 0.5) is 0 Å². The molecule has 0 aromatic carbocycles. The van der Waals surface area contributed by atoms with Gasteiger partial charge in [-0.3, -0.25) is 0 Å². The molecule has 0 bridgehead atoms. The zero-order chi connectivity index (χ0) is 11.1. The van der Waals surface area contributed by atoms with Crippen molar-refractivity contribution in [1.29, 1.82) is 0 Å². The van der Waals surface area contributed by atoms with Gasteiger partial charge < -0.3 is 10.6 Å². The molecule has 0 radical (unpaired) electrons. The van der Waals surface area contributed by atoms with Crippen molar-refractivity contribution >= 4 is 0 Å². The van der Waals surface area contributed by atoms with Crippen LogP contribution < -0.4 is 5.73 Å². The van der Waals surface area contributed by atoms with Crippen LogP contribution in [0, 0.1) is 0 Å². The van der Waals surface area contributed by atoms with E-state index in [1.54, 1.807) is 0 Å². The van der Waals surface area contributed by atoms with E-state index in [1.807, 2.05) is 0 Å². The predicted octanol–water partition coefficient (Wildman–Crippen LogP) is 0.801. The van der Waals surface area contributed by atoms with Gasteiger partial charge in [0.2, 0.25) is 0 Å². The fourth-order valence-electron chi connectivity index (χ4n) is 2.33. The second kappa shape index (κ2) is 3.79. The molecule has 1 saturated carbocycles. The van der Waals surface area contributed by atoms with Crippen LogP contribution in [-0.4, -0.2) is 28.5 Å². The van der Waals surface area contributed by atoms with Gasteiger partial charge in [-0.2, -0.15) is 0 Å². The summed E-state index contributed by atoms with van der Waals surface area (Å²) in [6, 6.07) is 0. The molecule has 1 aromatic heterocycles. The van der Waals surface area contributed by atoms with Crippen LogP contribution in [0.15, 0.2) is 0 Å². The molecule has 0 saturated heterocycles. The number of likely N-dealkylation sites (N-methyl/N-ethyl adjacent to an activating group) is 1. The molecule has 3 rings (SSSR count). The van der Waals surface area contributed by atoms with Gasteiger partial charge in [-0.05, 0) is 19.9 Å². The Morgan fingerprint density at radius 2 is 2.19 bits per heavy atom. The Bertz CT molecular complexity index is 394. The molecule has 4 heteroatoms. The summed E-state index contributed by atoms with van der Waals surface area (Å²) in [4.78, 5) is 11.7. The molecule has 0 amide bonds. The predicted molar refractivity (Wildman–Crippen MR) is 61.9 cm³/mol. The van der Waals surface area contributed by atoms with Gasteiger partial charge in [0.15, 0.2) is 0 Å². The number of rotatable bonds is 2. The molecule has 16 heavy (non-hydrogen) atoms. The fourth-order valence-corrected chi connectivity index (χ4v) is 2.33. The molecule has 1 aliphatic heterocycles. The van der Waals surface area contributed by atoms with Crippen LogP contribution in [0.2, 0.25) is 0 Å². The average Bonchev–Trinajstić information content (AvgIpc) is 3.11. The Morgan fingerprint density at radius 1 is 1.38 bits per heavy atom. The fraction of sp³-hybridized carbons (Fsp3) is 0.667. The summed E-state index contributed by atoms with van der Waals surface area (Å²) in [5.41, 5.74) is 9.39. The lowest BCUT2D eigenvalue weighted by atomic mass is 10.0. The summed E-state index contributed by atoms with van der Waals surface area (Å²) in [6.07, 6.45) is 3.55. The van der Waals surface area contributed by atoms with Crippen molar-refractivity contribution in [1.82, 2.24) is 14.9 Å². The number of hydrogen-bond acceptors (Lipinski definition) is 4. The highest BCUT2D eigenvalue weighted by Gasteiger charge is 2.29. The quantitative estimate of drug-likeness (QED) is 0.797. The molecule has 1 fully saturated rings. The molecular formula is C12H18N4. The minimum absolute atomic E-state index is 0.540. The number of aromatic nitrogens is 2. The molecule has 2 aliphatic rings. The summed E-state index contributed by atoms with van der Waals surface area (Å²) in [5.74, 6) is 1.67. The highest BCUT2D eigenvalue weighted by Crippen LogP contribution is 2.38. The molecule has 1 aliphatic carbocycles. The molecule has 0 spiro atoms. The van der Waals surface area contributed by atoms with E-state index in [1.165, 1.54) is 24.1 Å². The van der Waals surface area contributed by atoms with Gasteiger partial charge in [0.25, 0.3) is 0 Å². The summed E-state index contributed by atoms with van der Waals surface area (Å²) in [6.45, 7) is 2.59. The summed E-state index contributed by atoms with van der Waals surface area (Å²) < 4.78 is 0. The van der Waals surface area contributed by atoms with Gasteiger partial charge in [-0.15, -0.1) is 0 Å². The first-order valence-electron chi connectivity index (χ1n) is 6.05. The van der Waals surface area contributed by atoms with E-state index in [0.29, 0.717) is 12.5 Å². The van der Waals surface area contributed by atoms with Crippen molar-refractivity contribution in [2.75, 3.05) is 13.6 Å². The monoisotopic (exact) mass is 218 g/mol. The van der Waals surface area contributed by atoms with E-state index in [2.05, 4.69) is 16.9 Å². The van der Waals surface area contributed by atoms with E-state index in [-0.39, 0.29) is 0 Å². The summed E-state index contributed by atoms with van der Waals surface area (Å²) in [7, 11) is 2.14. The average molecular weight is 218 g/mol. The number of fused-ring (bicyclic) bond motifs is 1. The van der Waals surface area contributed by atoms with E-state index in [4.69, 9.17) is 10.7 Å². The van der Waals surface area contributed by atoms with Gasteiger partial charge in [-0.1, -0.05) is 0 Å². The van der Waals surface area contributed by atoms with Crippen molar-refractivity contribution in [3.63, 3.8) is 0 Å². The topological polar surface area (TPSA) is 55.0 Å². The van der Waals surface area contributed by atoms with Crippen LogP contribution in [0.5, 0.6) is 0 Å². The third kappa shape index (κ3) is 1.72. The van der Waals surface area contributed by atoms with Crippen molar-refractivity contribution < 1.29 is 0 Å². The van der Waals surface area contributed by atoms with Crippen molar-refractivity contribution in [2.24, 2.45) is 5.73 Å². The maximum absolute atomic E-state index is 5.80. The second-order valence-corrected chi connectivity index (χ2v) is 4.92. The molecule has 0 unspecified atom stereocenters. The standard InChI is InChI=1S/C12H18N4/c1-16-5-4-10-9(7-16)11(6-13)15-12(14-10)8-2-3-8/h8H,2-7,13H2,1H3. The minimum Gasteiger partial charge on any atom is -0.325 e. The van der Waals surface area contributed by atoms with Crippen molar-refractivity contribution in [2.45, 2.75) is 38.3 Å². The lowest BCUT2D eigenvalue weighted by molar-refractivity contribution is 0.307. The second-order valence-electron chi connectivity index (χ2n) is 4.92. The highest BCUT2D eigenvalue weighted by atomic mass is 15.1. The van der Waals surface area contributed by atoms with Crippen LogP contribution in [0.3, 0.4) is 0 Å². The first-order valence-corrected chi connectivity index (χ1v) is 6.05. The van der Waals surface area contributed by atoms with Crippen LogP contribution in [0.25, 0.3) is 0 Å². The van der Waals surface area contributed by atoms with Crippen LogP contribution in [-0.2, 0) is 19.5 Å². The summed E-state index contributed by atoms with van der Waals surface area (Å²) >= 11 is 0. The van der Waals surface area contributed by atoms with Crippen LogP contribution >= 0.6 is 0 Å². The number of nitrogens with two attached hydrogens (primary N) is 1. The zero-order valence-corrected chi connectivity index (χ0v) is 9.74. The van der Waals surface area contributed by atoms with Crippen molar-refractivity contribution in [3.8, 4) is 0 Å². The van der Waals surface area contributed by atoms with Crippen LogP contribution in [0.1, 0.15) is 41.5 Å². The Morgan fingerprint density at radius 3 is 2.88 bits per heavy atom. The van der Waals surface area contributed by atoms with Gasteiger partial charge >= 0.3 is 0 Å². The normalized spacial score (nSPS) is 20.9. The molecule has 2 N–H and O–H groups in total. The molecule has 86 valence electrons. The number of hydrogen-bond donors (Lipinski definition) is 1. The lowest BCUT2D eigenvalue weighted by Crippen LogP contribution is -2.30. The third-order valence-corrected chi connectivity index (χ3v) is 3.49. The Hall–Kier alpha value is -1.00. The Balaban J connectivity index is 2.03. The van der Waals surface area contributed by atoms with Crippen molar-refractivity contribution in [3.05, 3.63) is 22.8 Å². The van der Waals surface area contributed by atoms with E-state index < -0.39 is 0 Å². The third-order valence-electron chi connectivity index (χ3n) is 3.49. The molecule has 4 nitrogen and oxygen atoms in total. The van der Waals surface area contributed by atoms with E-state index in [0.717, 1.165) is 31.0 Å². The Kier molecular flexibility index (Phi) is 2.41. The van der Waals surface area contributed by atoms with E-state index in [9.17, 15) is 0 Å². The molecule has 2 heterocycles. The SMILES string of the molecule is CN1CCc2nc(C3CC3)nc(CN)c2C1. The summed E-state index contributed by atoms with van der Waals surface area (Å²) in [5, 5.41) is 0. The first kappa shape index (κ1) is 10.2. The van der Waals surface area contributed by atoms with Gasteiger partial charge in [0, 0.05) is 37.5 Å². The molecular weight excluding hydrogens is 200 g/mol. The molecule has 0 atom stereocenters. The smallest absolute Gasteiger partial charge is 0.132 e. The molecule has 1 aromatic rings. The maximum atomic E-state index is 5.80. The van der Waals surface area contributed by atoms with Gasteiger partial charge in [0.05, 0.1) is 11.4 Å². The van der Waals surface area contributed by atoms with E-state index >= 15 is 0 Å².